The average molecular weight is 364 g/mol. The molecule has 1 aliphatic rings. The summed E-state index contributed by atoms with van der Waals surface area (Å²) in [5.41, 5.74) is 3.20. The number of nitrogens with zero attached hydrogens (tertiary/aromatic N) is 3. The number of benzene rings is 2. The van der Waals surface area contributed by atoms with Crippen LogP contribution >= 0.6 is 0 Å². The second kappa shape index (κ2) is 7.67. The van der Waals surface area contributed by atoms with Gasteiger partial charge in [-0.3, -0.25) is 0 Å². The van der Waals surface area contributed by atoms with E-state index in [0.29, 0.717) is 30.8 Å². The number of rotatable bonds is 8. The largest absolute Gasteiger partial charge is 0.491 e. The SMILES string of the molecule is COCCOc1cc2nc(Nc3ccc(N=O)cc3)ncc2cc1C1CC1. The summed E-state index contributed by atoms with van der Waals surface area (Å²) in [7, 11) is 1.66. The molecule has 0 atom stereocenters. The fourth-order valence-corrected chi connectivity index (χ4v) is 2.95. The van der Waals surface area contributed by atoms with Gasteiger partial charge < -0.3 is 14.8 Å². The molecule has 2 aromatic carbocycles. The molecule has 1 aliphatic carbocycles. The summed E-state index contributed by atoms with van der Waals surface area (Å²) in [5, 5.41) is 7.03. The minimum absolute atomic E-state index is 0.380. The first-order valence-electron chi connectivity index (χ1n) is 8.89. The van der Waals surface area contributed by atoms with E-state index in [-0.39, 0.29) is 0 Å². The van der Waals surface area contributed by atoms with Gasteiger partial charge in [-0.2, -0.15) is 0 Å². The number of ether oxygens (including phenoxy) is 2. The van der Waals surface area contributed by atoms with Crippen LogP contribution in [0.15, 0.2) is 47.8 Å². The van der Waals surface area contributed by atoms with Gasteiger partial charge in [0, 0.05) is 30.4 Å². The molecule has 138 valence electrons. The van der Waals surface area contributed by atoms with Gasteiger partial charge in [-0.15, -0.1) is 4.91 Å². The van der Waals surface area contributed by atoms with Crippen LogP contribution in [0.1, 0.15) is 24.3 Å². The second-order valence-corrected chi connectivity index (χ2v) is 6.52. The first-order chi connectivity index (χ1) is 13.3. The predicted molar refractivity (Wildman–Crippen MR) is 104 cm³/mol. The van der Waals surface area contributed by atoms with Crippen LogP contribution in [0.25, 0.3) is 10.9 Å². The summed E-state index contributed by atoms with van der Waals surface area (Å²) in [6.45, 7) is 1.05. The summed E-state index contributed by atoms with van der Waals surface area (Å²) < 4.78 is 11.0. The number of methoxy groups -OCH3 is 1. The quantitative estimate of drug-likeness (QED) is 0.462. The van der Waals surface area contributed by atoms with E-state index in [2.05, 4.69) is 26.5 Å². The molecule has 0 unspecified atom stereocenters. The average Bonchev–Trinajstić information content (AvgIpc) is 3.53. The van der Waals surface area contributed by atoms with Crippen LogP contribution in [0.3, 0.4) is 0 Å². The highest BCUT2D eigenvalue weighted by Crippen LogP contribution is 2.45. The van der Waals surface area contributed by atoms with Crippen LogP contribution in [0, 0.1) is 4.91 Å². The number of nitroso groups, excluding NO2 is 1. The van der Waals surface area contributed by atoms with Crippen molar-refractivity contribution < 1.29 is 9.47 Å². The Bertz CT molecular complexity index is 955. The molecular weight excluding hydrogens is 344 g/mol. The van der Waals surface area contributed by atoms with Gasteiger partial charge in [0.25, 0.3) is 0 Å². The lowest BCUT2D eigenvalue weighted by molar-refractivity contribution is 0.146. The monoisotopic (exact) mass is 364 g/mol. The van der Waals surface area contributed by atoms with Crippen molar-refractivity contribution in [3.05, 3.63) is 53.1 Å². The summed E-state index contributed by atoms with van der Waals surface area (Å²) >= 11 is 0. The standard InChI is InChI=1S/C20H20N4O3/c1-26-8-9-27-19-11-18-14(10-17(19)13-2-3-13)12-21-20(23-18)22-15-4-6-16(24-25)7-5-15/h4-7,10-13H,2-3,8-9H2,1H3,(H,21,22,23). The smallest absolute Gasteiger partial charge is 0.227 e. The first kappa shape index (κ1) is 17.4. The zero-order chi connectivity index (χ0) is 18.6. The maximum atomic E-state index is 10.5. The highest BCUT2D eigenvalue weighted by Gasteiger charge is 2.27. The number of fused-ring (bicyclic) bond motifs is 1. The molecule has 1 saturated carbocycles. The molecular formula is C20H20N4O3. The van der Waals surface area contributed by atoms with Gasteiger partial charge in [0.15, 0.2) is 0 Å². The van der Waals surface area contributed by atoms with Crippen molar-refractivity contribution in [1.82, 2.24) is 9.97 Å². The van der Waals surface area contributed by atoms with Gasteiger partial charge >= 0.3 is 0 Å². The third kappa shape index (κ3) is 4.03. The highest BCUT2D eigenvalue weighted by atomic mass is 16.5. The van der Waals surface area contributed by atoms with Crippen molar-refractivity contribution in [1.29, 1.82) is 0 Å². The zero-order valence-electron chi connectivity index (χ0n) is 15.0. The molecule has 27 heavy (non-hydrogen) atoms. The lowest BCUT2D eigenvalue weighted by atomic mass is 10.1. The second-order valence-electron chi connectivity index (χ2n) is 6.52. The minimum atomic E-state index is 0.380. The Balaban J connectivity index is 1.61. The first-order valence-corrected chi connectivity index (χ1v) is 8.89. The van der Waals surface area contributed by atoms with E-state index in [0.717, 1.165) is 22.3 Å². The third-order valence-electron chi connectivity index (χ3n) is 4.50. The Hall–Kier alpha value is -3.06. The van der Waals surface area contributed by atoms with Gasteiger partial charge in [0.2, 0.25) is 5.95 Å². The Labute approximate surface area is 156 Å². The third-order valence-corrected chi connectivity index (χ3v) is 4.50. The van der Waals surface area contributed by atoms with E-state index < -0.39 is 0 Å². The summed E-state index contributed by atoms with van der Waals surface area (Å²) in [6, 6.07) is 10.9. The molecule has 1 fully saturated rings. The Morgan fingerprint density at radius 1 is 1.19 bits per heavy atom. The highest BCUT2D eigenvalue weighted by molar-refractivity contribution is 5.82. The van der Waals surface area contributed by atoms with E-state index in [1.54, 1.807) is 31.4 Å². The summed E-state index contributed by atoms with van der Waals surface area (Å²) in [5.74, 6) is 1.92. The number of hydrogen-bond acceptors (Lipinski definition) is 7. The van der Waals surface area contributed by atoms with Crippen molar-refractivity contribution in [2.45, 2.75) is 18.8 Å². The Morgan fingerprint density at radius 2 is 2.00 bits per heavy atom. The van der Waals surface area contributed by atoms with Crippen LogP contribution in [-0.2, 0) is 4.74 Å². The normalized spacial score (nSPS) is 13.5. The molecule has 1 N–H and O–H groups in total. The van der Waals surface area contributed by atoms with Crippen LogP contribution in [0.2, 0.25) is 0 Å². The van der Waals surface area contributed by atoms with Gasteiger partial charge in [0.1, 0.15) is 18.0 Å². The molecule has 1 aromatic heterocycles. The fourth-order valence-electron chi connectivity index (χ4n) is 2.95. The molecule has 0 aliphatic heterocycles. The van der Waals surface area contributed by atoms with Gasteiger partial charge in [-0.25, -0.2) is 9.97 Å². The molecule has 1 heterocycles. The van der Waals surface area contributed by atoms with E-state index in [1.807, 2.05) is 12.3 Å². The lowest BCUT2D eigenvalue weighted by Gasteiger charge is -2.13. The van der Waals surface area contributed by atoms with Crippen LogP contribution < -0.4 is 10.1 Å². The molecule has 0 amide bonds. The Kier molecular flexibility index (Phi) is 4.93. The topological polar surface area (TPSA) is 85.7 Å². The van der Waals surface area contributed by atoms with Crippen molar-refractivity contribution in [3.63, 3.8) is 0 Å². The fraction of sp³-hybridized carbons (Fsp3) is 0.300. The van der Waals surface area contributed by atoms with Crippen LogP contribution in [0.5, 0.6) is 5.75 Å². The van der Waals surface area contributed by atoms with E-state index >= 15 is 0 Å². The molecule has 7 nitrogen and oxygen atoms in total. The van der Waals surface area contributed by atoms with Crippen molar-refractivity contribution in [3.8, 4) is 5.75 Å². The van der Waals surface area contributed by atoms with Gasteiger partial charge in [-0.1, -0.05) is 0 Å². The summed E-state index contributed by atoms with van der Waals surface area (Å²) in [6.07, 6.45) is 4.20. The van der Waals surface area contributed by atoms with E-state index in [9.17, 15) is 4.91 Å². The maximum absolute atomic E-state index is 10.5. The summed E-state index contributed by atoms with van der Waals surface area (Å²) in [4.78, 5) is 19.5. The molecule has 0 saturated heterocycles. The molecule has 0 radical (unpaired) electrons. The van der Waals surface area contributed by atoms with Crippen molar-refractivity contribution >= 4 is 28.2 Å². The van der Waals surface area contributed by atoms with Crippen LogP contribution in [-0.4, -0.2) is 30.3 Å². The number of nitrogens with one attached hydrogen (secondary N) is 1. The van der Waals surface area contributed by atoms with E-state index in [1.165, 1.54) is 18.4 Å². The van der Waals surface area contributed by atoms with E-state index in [4.69, 9.17) is 9.47 Å². The molecule has 0 bridgehead atoms. The molecule has 0 spiro atoms. The van der Waals surface area contributed by atoms with Crippen molar-refractivity contribution in [2.75, 3.05) is 25.6 Å². The van der Waals surface area contributed by atoms with Crippen molar-refractivity contribution in [2.24, 2.45) is 5.18 Å². The van der Waals surface area contributed by atoms with Crippen LogP contribution in [0.4, 0.5) is 17.3 Å². The molecule has 7 heteroatoms. The maximum Gasteiger partial charge on any atom is 0.227 e. The van der Waals surface area contributed by atoms with Gasteiger partial charge in [0.05, 0.1) is 12.1 Å². The van der Waals surface area contributed by atoms with Gasteiger partial charge in [-0.05, 0) is 59.8 Å². The number of hydrogen-bond donors (Lipinski definition) is 1. The molecule has 4 rings (SSSR count). The lowest BCUT2D eigenvalue weighted by Crippen LogP contribution is -2.06. The minimum Gasteiger partial charge on any atom is -0.491 e. The zero-order valence-corrected chi connectivity index (χ0v) is 15.0. The number of aromatic nitrogens is 2. The Morgan fingerprint density at radius 3 is 2.70 bits per heavy atom. The predicted octanol–water partition coefficient (Wildman–Crippen LogP) is 4.67. The molecule has 3 aromatic rings. The number of anilines is 2.